The fraction of sp³-hybridized carbons (Fsp3) is 0.350. The molecule has 1 aliphatic carbocycles. The number of benzene rings is 2. The maximum Gasteiger partial charge on any atom is 0.418 e. The summed E-state index contributed by atoms with van der Waals surface area (Å²) in [6, 6.07) is 9.25. The van der Waals surface area contributed by atoms with Gasteiger partial charge in [0.25, 0.3) is 0 Å². The van der Waals surface area contributed by atoms with Crippen LogP contribution in [0.2, 0.25) is 0 Å². The predicted octanol–water partition coefficient (Wildman–Crippen LogP) is 4.06. The second kappa shape index (κ2) is 7.71. The Labute approximate surface area is 160 Å². The van der Waals surface area contributed by atoms with Gasteiger partial charge in [0, 0.05) is 0 Å². The van der Waals surface area contributed by atoms with Crippen molar-refractivity contribution >= 4 is 11.7 Å². The minimum atomic E-state index is -4.58. The SMILES string of the molecule is COc1ccc2c(c1)CCC[C@@]2(O)CNC(=O)Nc1ccccc1C(F)(F)F. The van der Waals surface area contributed by atoms with Gasteiger partial charge in [0.15, 0.2) is 0 Å². The highest BCUT2D eigenvalue weighted by Gasteiger charge is 2.36. The van der Waals surface area contributed by atoms with Crippen LogP contribution in [-0.2, 0) is 18.2 Å². The molecule has 0 saturated heterocycles. The Bertz CT molecular complexity index is 870. The molecular weight excluding hydrogens is 373 g/mol. The molecule has 0 aromatic heterocycles. The fourth-order valence-corrected chi connectivity index (χ4v) is 3.48. The van der Waals surface area contributed by atoms with E-state index in [0.29, 0.717) is 17.7 Å². The summed E-state index contributed by atoms with van der Waals surface area (Å²) in [5.74, 6) is 0.678. The lowest BCUT2D eigenvalue weighted by Gasteiger charge is -2.35. The molecule has 0 fully saturated rings. The molecule has 0 unspecified atom stereocenters. The molecule has 0 aliphatic heterocycles. The summed E-state index contributed by atoms with van der Waals surface area (Å²) in [6.07, 6.45) is -2.65. The molecule has 8 heteroatoms. The molecule has 150 valence electrons. The fourth-order valence-electron chi connectivity index (χ4n) is 3.48. The molecule has 0 saturated carbocycles. The first-order valence-corrected chi connectivity index (χ1v) is 8.84. The van der Waals surface area contributed by atoms with Crippen LogP contribution >= 0.6 is 0 Å². The van der Waals surface area contributed by atoms with Crippen LogP contribution in [0.3, 0.4) is 0 Å². The number of fused-ring (bicyclic) bond motifs is 1. The van der Waals surface area contributed by atoms with E-state index in [-0.39, 0.29) is 12.2 Å². The first kappa shape index (κ1) is 20.0. The summed E-state index contributed by atoms with van der Waals surface area (Å²) in [4.78, 5) is 12.2. The van der Waals surface area contributed by atoms with E-state index in [1.807, 2.05) is 6.07 Å². The van der Waals surface area contributed by atoms with Crippen molar-refractivity contribution in [1.82, 2.24) is 5.32 Å². The highest BCUT2D eigenvalue weighted by atomic mass is 19.4. The van der Waals surface area contributed by atoms with Crippen molar-refractivity contribution in [2.24, 2.45) is 0 Å². The molecule has 3 rings (SSSR count). The van der Waals surface area contributed by atoms with Crippen LogP contribution in [0.25, 0.3) is 0 Å². The lowest BCUT2D eigenvalue weighted by molar-refractivity contribution is -0.136. The number of hydrogen-bond acceptors (Lipinski definition) is 3. The first-order valence-electron chi connectivity index (χ1n) is 8.84. The highest BCUT2D eigenvalue weighted by Crippen LogP contribution is 2.37. The van der Waals surface area contributed by atoms with Crippen LogP contribution in [0.5, 0.6) is 5.75 Å². The van der Waals surface area contributed by atoms with Gasteiger partial charge in [0.2, 0.25) is 0 Å². The Balaban J connectivity index is 1.71. The van der Waals surface area contributed by atoms with E-state index in [1.54, 1.807) is 19.2 Å². The molecule has 0 spiro atoms. The molecule has 2 aromatic rings. The number of rotatable bonds is 4. The van der Waals surface area contributed by atoms with E-state index >= 15 is 0 Å². The Hall–Kier alpha value is -2.74. The lowest BCUT2D eigenvalue weighted by Crippen LogP contribution is -2.44. The third kappa shape index (κ3) is 4.22. The number of carbonyl (C=O) groups excluding carboxylic acids is 1. The molecule has 0 bridgehead atoms. The normalized spacial score (nSPS) is 18.9. The number of para-hydroxylation sites is 1. The number of amides is 2. The summed E-state index contributed by atoms with van der Waals surface area (Å²) in [5, 5.41) is 15.7. The number of hydrogen-bond donors (Lipinski definition) is 3. The molecule has 1 atom stereocenters. The second-order valence-electron chi connectivity index (χ2n) is 6.76. The van der Waals surface area contributed by atoms with Crippen LogP contribution in [-0.4, -0.2) is 24.8 Å². The predicted molar refractivity (Wildman–Crippen MR) is 98.3 cm³/mol. The van der Waals surface area contributed by atoms with E-state index < -0.39 is 23.4 Å². The zero-order chi connectivity index (χ0) is 20.4. The van der Waals surface area contributed by atoms with Gasteiger partial charge in [-0.1, -0.05) is 18.2 Å². The molecule has 1 aliphatic rings. The molecule has 0 heterocycles. The molecule has 2 amide bonds. The standard InChI is InChI=1S/C20H21F3N2O3/c1-28-14-8-9-15-13(11-14)5-4-10-19(15,27)12-24-18(26)25-17-7-3-2-6-16(17)20(21,22)23/h2-3,6-9,11,27H,4-5,10,12H2,1H3,(H2,24,25,26)/t19-/m1/s1. The molecular formula is C20H21F3N2O3. The quantitative estimate of drug-likeness (QED) is 0.733. The Morgan fingerprint density at radius 2 is 2.00 bits per heavy atom. The summed E-state index contributed by atoms with van der Waals surface area (Å²) < 4.78 is 44.3. The minimum absolute atomic E-state index is 0.119. The van der Waals surface area contributed by atoms with Crippen LogP contribution in [0, 0.1) is 0 Å². The maximum absolute atomic E-state index is 13.0. The third-order valence-corrected chi connectivity index (χ3v) is 4.87. The number of nitrogens with one attached hydrogen (secondary N) is 2. The number of aliphatic hydroxyl groups is 1. The number of aryl methyl sites for hydroxylation is 1. The van der Waals surface area contributed by atoms with Crippen LogP contribution in [0.1, 0.15) is 29.5 Å². The number of alkyl halides is 3. The number of carbonyl (C=O) groups is 1. The van der Waals surface area contributed by atoms with E-state index in [9.17, 15) is 23.1 Å². The van der Waals surface area contributed by atoms with Crippen molar-refractivity contribution in [3.8, 4) is 5.75 Å². The number of ether oxygens (including phenoxy) is 1. The average Bonchev–Trinajstić information content (AvgIpc) is 2.66. The van der Waals surface area contributed by atoms with Gasteiger partial charge in [0.05, 0.1) is 24.9 Å². The Kier molecular flexibility index (Phi) is 5.51. The maximum atomic E-state index is 13.0. The van der Waals surface area contributed by atoms with Crippen molar-refractivity contribution in [3.05, 3.63) is 59.2 Å². The summed E-state index contributed by atoms with van der Waals surface area (Å²) in [7, 11) is 1.56. The summed E-state index contributed by atoms with van der Waals surface area (Å²) >= 11 is 0. The zero-order valence-electron chi connectivity index (χ0n) is 15.3. The second-order valence-corrected chi connectivity index (χ2v) is 6.76. The summed E-state index contributed by atoms with van der Waals surface area (Å²) in [5.41, 5.74) is -0.943. The van der Waals surface area contributed by atoms with Gasteiger partial charge < -0.3 is 20.5 Å². The van der Waals surface area contributed by atoms with Crippen molar-refractivity contribution in [2.45, 2.75) is 31.0 Å². The lowest BCUT2D eigenvalue weighted by atomic mass is 9.79. The van der Waals surface area contributed by atoms with Gasteiger partial charge in [-0.05, 0) is 54.7 Å². The van der Waals surface area contributed by atoms with Gasteiger partial charge in [-0.2, -0.15) is 13.2 Å². The minimum Gasteiger partial charge on any atom is -0.497 e. The average molecular weight is 394 g/mol. The monoisotopic (exact) mass is 394 g/mol. The van der Waals surface area contributed by atoms with Gasteiger partial charge in [-0.3, -0.25) is 0 Å². The molecule has 5 nitrogen and oxygen atoms in total. The van der Waals surface area contributed by atoms with Gasteiger partial charge in [-0.15, -0.1) is 0 Å². The topological polar surface area (TPSA) is 70.6 Å². The van der Waals surface area contributed by atoms with Crippen LogP contribution < -0.4 is 15.4 Å². The van der Waals surface area contributed by atoms with Gasteiger partial charge in [0.1, 0.15) is 11.4 Å². The van der Waals surface area contributed by atoms with Gasteiger partial charge >= 0.3 is 12.2 Å². The number of methoxy groups -OCH3 is 1. The molecule has 28 heavy (non-hydrogen) atoms. The van der Waals surface area contributed by atoms with Crippen LogP contribution in [0.4, 0.5) is 23.7 Å². The van der Waals surface area contributed by atoms with E-state index in [1.165, 1.54) is 18.2 Å². The number of urea groups is 1. The van der Waals surface area contributed by atoms with Crippen molar-refractivity contribution in [2.75, 3.05) is 19.0 Å². The van der Waals surface area contributed by atoms with E-state index in [0.717, 1.165) is 24.5 Å². The summed E-state index contributed by atoms with van der Waals surface area (Å²) in [6.45, 7) is -0.119. The zero-order valence-corrected chi connectivity index (χ0v) is 15.3. The van der Waals surface area contributed by atoms with Crippen molar-refractivity contribution < 1.29 is 27.8 Å². The Morgan fingerprint density at radius 1 is 1.25 bits per heavy atom. The van der Waals surface area contributed by atoms with Crippen molar-refractivity contribution in [1.29, 1.82) is 0 Å². The Morgan fingerprint density at radius 3 is 2.71 bits per heavy atom. The molecule has 0 radical (unpaired) electrons. The largest absolute Gasteiger partial charge is 0.497 e. The first-order chi connectivity index (χ1) is 13.2. The molecule has 2 aromatic carbocycles. The third-order valence-electron chi connectivity index (χ3n) is 4.87. The van der Waals surface area contributed by atoms with E-state index in [2.05, 4.69) is 10.6 Å². The van der Waals surface area contributed by atoms with E-state index in [4.69, 9.17) is 4.74 Å². The van der Waals surface area contributed by atoms with Crippen molar-refractivity contribution in [3.63, 3.8) is 0 Å². The number of halogens is 3. The highest BCUT2D eigenvalue weighted by molar-refractivity contribution is 5.90. The van der Waals surface area contributed by atoms with Gasteiger partial charge in [-0.25, -0.2) is 4.79 Å². The number of anilines is 1. The molecule has 3 N–H and O–H groups in total. The smallest absolute Gasteiger partial charge is 0.418 e. The van der Waals surface area contributed by atoms with Crippen LogP contribution in [0.15, 0.2) is 42.5 Å².